The van der Waals surface area contributed by atoms with Crippen molar-refractivity contribution >= 4 is 15.9 Å². The zero-order chi connectivity index (χ0) is 14.5. The zero-order valence-corrected chi connectivity index (χ0v) is 13.2. The lowest BCUT2D eigenvalue weighted by atomic mass is 9.99. The van der Waals surface area contributed by atoms with Gasteiger partial charge in [-0.3, -0.25) is 4.98 Å². The summed E-state index contributed by atoms with van der Waals surface area (Å²) in [6.07, 6.45) is 2.87. The smallest absolute Gasteiger partial charge is 0.137 e. The van der Waals surface area contributed by atoms with E-state index in [0.717, 1.165) is 29.8 Å². The molecule has 2 nitrogen and oxygen atoms in total. The topological polar surface area (TPSA) is 24.9 Å². The van der Waals surface area contributed by atoms with E-state index in [1.807, 2.05) is 31.3 Å². The van der Waals surface area contributed by atoms with Crippen LogP contribution in [0.5, 0.6) is 0 Å². The van der Waals surface area contributed by atoms with Crippen LogP contribution in [0.3, 0.4) is 0 Å². The van der Waals surface area contributed by atoms with E-state index in [0.29, 0.717) is 4.47 Å². The normalized spacial score (nSPS) is 12.4. The number of hydrogen-bond acceptors (Lipinski definition) is 2. The lowest BCUT2D eigenvalue weighted by Crippen LogP contribution is -2.23. The SMILES string of the molecule is CCCNC(c1ccc(C)nc1)c1ccc(Br)c(F)c1. The second-order valence-corrected chi connectivity index (χ2v) is 5.65. The zero-order valence-electron chi connectivity index (χ0n) is 11.7. The first-order valence-corrected chi connectivity index (χ1v) is 7.52. The van der Waals surface area contributed by atoms with Gasteiger partial charge in [-0.1, -0.05) is 19.1 Å². The molecule has 2 aromatic rings. The Morgan fingerprint density at radius 1 is 1.25 bits per heavy atom. The predicted molar refractivity (Wildman–Crippen MR) is 83.2 cm³/mol. The maximum Gasteiger partial charge on any atom is 0.137 e. The molecule has 1 N–H and O–H groups in total. The van der Waals surface area contributed by atoms with E-state index in [2.05, 4.69) is 33.2 Å². The molecular weight excluding hydrogens is 319 g/mol. The average Bonchev–Trinajstić information content (AvgIpc) is 2.45. The summed E-state index contributed by atoms with van der Waals surface area (Å²) >= 11 is 3.19. The summed E-state index contributed by atoms with van der Waals surface area (Å²) in [5.74, 6) is -0.245. The Bertz CT molecular complexity index is 569. The predicted octanol–water partition coefficient (Wildman–Crippen LogP) is 4.38. The molecule has 0 aliphatic rings. The molecule has 0 saturated heterocycles. The van der Waals surface area contributed by atoms with Gasteiger partial charge >= 0.3 is 0 Å². The Hall–Kier alpha value is -1.26. The second-order valence-electron chi connectivity index (χ2n) is 4.79. The van der Waals surface area contributed by atoms with Gasteiger partial charge in [0.2, 0.25) is 0 Å². The molecule has 1 heterocycles. The van der Waals surface area contributed by atoms with Crippen LogP contribution < -0.4 is 5.32 Å². The van der Waals surface area contributed by atoms with Gasteiger partial charge in [-0.2, -0.15) is 0 Å². The van der Waals surface area contributed by atoms with E-state index in [4.69, 9.17) is 0 Å². The molecular formula is C16H18BrFN2. The van der Waals surface area contributed by atoms with Gasteiger partial charge in [0, 0.05) is 11.9 Å². The minimum absolute atomic E-state index is 0.0364. The van der Waals surface area contributed by atoms with Crippen LogP contribution in [-0.2, 0) is 0 Å². The van der Waals surface area contributed by atoms with Crippen LogP contribution in [0.15, 0.2) is 41.0 Å². The van der Waals surface area contributed by atoms with Crippen LogP contribution in [0.2, 0.25) is 0 Å². The summed E-state index contributed by atoms with van der Waals surface area (Å²) < 4.78 is 14.2. The summed E-state index contributed by atoms with van der Waals surface area (Å²) in [4.78, 5) is 4.33. The third-order valence-electron chi connectivity index (χ3n) is 3.14. The highest BCUT2D eigenvalue weighted by atomic mass is 79.9. The fourth-order valence-electron chi connectivity index (χ4n) is 2.06. The van der Waals surface area contributed by atoms with Crippen LogP contribution >= 0.6 is 15.9 Å². The molecule has 0 amide bonds. The number of nitrogens with zero attached hydrogens (tertiary/aromatic N) is 1. The molecule has 1 unspecified atom stereocenters. The van der Waals surface area contributed by atoms with Crippen LogP contribution in [0.25, 0.3) is 0 Å². The quantitative estimate of drug-likeness (QED) is 0.876. The highest BCUT2D eigenvalue weighted by molar-refractivity contribution is 9.10. The molecule has 1 aromatic heterocycles. The molecule has 0 bridgehead atoms. The van der Waals surface area contributed by atoms with Gasteiger partial charge in [0.15, 0.2) is 0 Å². The highest BCUT2D eigenvalue weighted by Gasteiger charge is 2.15. The van der Waals surface area contributed by atoms with Crippen molar-refractivity contribution in [1.29, 1.82) is 0 Å². The largest absolute Gasteiger partial charge is 0.306 e. The average molecular weight is 337 g/mol. The van der Waals surface area contributed by atoms with Gasteiger partial charge in [0.1, 0.15) is 5.82 Å². The van der Waals surface area contributed by atoms with Crippen molar-refractivity contribution in [2.75, 3.05) is 6.54 Å². The van der Waals surface area contributed by atoms with Crippen molar-refractivity contribution < 1.29 is 4.39 Å². The number of benzene rings is 1. The first-order chi connectivity index (χ1) is 9.61. The summed E-state index contributed by atoms with van der Waals surface area (Å²) in [5, 5.41) is 3.45. The number of halogens is 2. The summed E-state index contributed by atoms with van der Waals surface area (Å²) in [6.45, 7) is 4.94. The second kappa shape index (κ2) is 6.95. The van der Waals surface area contributed by atoms with Crippen LogP contribution in [0, 0.1) is 12.7 Å². The third kappa shape index (κ3) is 3.64. The lowest BCUT2D eigenvalue weighted by molar-refractivity contribution is 0.582. The Kier molecular flexibility index (Phi) is 5.26. The van der Waals surface area contributed by atoms with Gasteiger partial charge in [0.05, 0.1) is 10.5 Å². The van der Waals surface area contributed by atoms with E-state index in [1.54, 1.807) is 12.1 Å². The molecule has 0 radical (unpaired) electrons. The van der Waals surface area contributed by atoms with Crippen LogP contribution in [0.1, 0.15) is 36.2 Å². The van der Waals surface area contributed by atoms with E-state index in [1.165, 1.54) is 0 Å². The van der Waals surface area contributed by atoms with Crippen LogP contribution in [-0.4, -0.2) is 11.5 Å². The molecule has 4 heteroatoms. The van der Waals surface area contributed by atoms with E-state index in [9.17, 15) is 4.39 Å². The van der Waals surface area contributed by atoms with Crippen molar-refractivity contribution in [3.05, 3.63) is 63.6 Å². The Balaban J connectivity index is 2.35. The molecule has 1 atom stereocenters. The number of aromatic nitrogens is 1. The Morgan fingerprint density at radius 3 is 2.60 bits per heavy atom. The number of rotatable bonds is 5. The summed E-state index contributed by atoms with van der Waals surface area (Å²) in [5.41, 5.74) is 2.93. The van der Waals surface area contributed by atoms with Crippen molar-refractivity contribution in [3.8, 4) is 0 Å². The molecule has 106 valence electrons. The Morgan fingerprint density at radius 2 is 2.00 bits per heavy atom. The van der Waals surface area contributed by atoms with Crippen LogP contribution in [0.4, 0.5) is 4.39 Å². The van der Waals surface area contributed by atoms with Crippen molar-refractivity contribution in [3.63, 3.8) is 0 Å². The number of aryl methyl sites for hydroxylation is 1. The molecule has 2 rings (SSSR count). The van der Waals surface area contributed by atoms with E-state index in [-0.39, 0.29) is 11.9 Å². The minimum atomic E-state index is -0.245. The summed E-state index contributed by atoms with van der Waals surface area (Å²) in [6, 6.07) is 9.22. The number of pyridine rings is 1. The monoisotopic (exact) mass is 336 g/mol. The lowest BCUT2D eigenvalue weighted by Gasteiger charge is -2.19. The molecule has 20 heavy (non-hydrogen) atoms. The van der Waals surface area contributed by atoms with Crippen molar-refractivity contribution in [1.82, 2.24) is 10.3 Å². The highest BCUT2D eigenvalue weighted by Crippen LogP contribution is 2.25. The van der Waals surface area contributed by atoms with Gasteiger partial charge < -0.3 is 5.32 Å². The number of nitrogens with one attached hydrogen (secondary N) is 1. The van der Waals surface area contributed by atoms with Crippen molar-refractivity contribution in [2.45, 2.75) is 26.3 Å². The number of hydrogen-bond donors (Lipinski definition) is 1. The minimum Gasteiger partial charge on any atom is -0.306 e. The molecule has 0 saturated carbocycles. The molecule has 0 fully saturated rings. The fourth-order valence-corrected chi connectivity index (χ4v) is 2.31. The maximum absolute atomic E-state index is 13.8. The standard InChI is InChI=1S/C16H18BrFN2/c1-3-8-19-16(13-5-4-11(2)20-10-13)12-6-7-14(17)15(18)9-12/h4-7,9-10,16,19H,3,8H2,1-2H3. The van der Waals surface area contributed by atoms with Gasteiger partial charge in [-0.05, 0) is 65.1 Å². The molecule has 0 aliphatic carbocycles. The first-order valence-electron chi connectivity index (χ1n) is 6.72. The molecule has 0 aliphatic heterocycles. The molecule has 1 aromatic carbocycles. The Labute approximate surface area is 127 Å². The summed E-state index contributed by atoms with van der Waals surface area (Å²) in [7, 11) is 0. The van der Waals surface area contributed by atoms with E-state index >= 15 is 0 Å². The van der Waals surface area contributed by atoms with Gasteiger partial charge in [0.25, 0.3) is 0 Å². The third-order valence-corrected chi connectivity index (χ3v) is 3.79. The van der Waals surface area contributed by atoms with E-state index < -0.39 is 0 Å². The maximum atomic E-state index is 13.8. The van der Waals surface area contributed by atoms with Crippen molar-refractivity contribution in [2.24, 2.45) is 0 Å². The van der Waals surface area contributed by atoms with Gasteiger partial charge in [-0.25, -0.2) is 4.39 Å². The first kappa shape index (κ1) is 15.1. The molecule has 0 spiro atoms. The fraction of sp³-hybridized carbons (Fsp3) is 0.312. The van der Waals surface area contributed by atoms with Gasteiger partial charge in [-0.15, -0.1) is 0 Å².